The number of aromatic nitrogens is 2. The van der Waals surface area contributed by atoms with Crippen molar-refractivity contribution in [1.82, 2.24) is 9.78 Å². The number of esters is 1. The Kier molecular flexibility index (Phi) is 7.74. The molecular formula is C30H29N3O2. The van der Waals surface area contributed by atoms with Crippen LogP contribution in [0.3, 0.4) is 0 Å². The molecule has 0 saturated heterocycles. The van der Waals surface area contributed by atoms with Gasteiger partial charge in [0.1, 0.15) is 0 Å². The van der Waals surface area contributed by atoms with E-state index in [1.807, 2.05) is 73.7 Å². The first-order valence-electron chi connectivity index (χ1n) is 12.1. The molecule has 5 nitrogen and oxygen atoms in total. The Labute approximate surface area is 206 Å². The lowest BCUT2D eigenvalue weighted by atomic mass is 9.96. The molecular weight excluding hydrogens is 434 g/mol. The van der Waals surface area contributed by atoms with E-state index in [0.717, 1.165) is 52.9 Å². The van der Waals surface area contributed by atoms with Crippen LogP contribution in [0.4, 0.5) is 0 Å². The Morgan fingerprint density at radius 3 is 2.37 bits per heavy atom. The summed E-state index contributed by atoms with van der Waals surface area (Å²) in [4.78, 5) is 13.1. The summed E-state index contributed by atoms with van der Waals surface area (Å²) in [7, 11) is 0. The van der Waals surface area contributed by atoms with E-state index in [0.29, 0.717) is 24.3 Å². The van der Waals surface area contributed by atoms with Crippen molar-refractivity contribution >= 4 is 5.97 Å². The van der Waals surface area contributed by atoms with Crippen LogP contribution in [0.15, 0.2) is 78.9 Å². The molecule has 0 unspecified atom stereocenters. The lowest BCUT2D eigenvalue weighted by Gasteiger charge is -2.10. The van der Waals surface area contributed by atoms with Crippen LogP contribution in [0.2, 0.25) is 0 Å². The lowest BCUT2D eigenvalue weighted by molar-refractivity contribution is 0.0514. The van der Waals surface area contributed by atoms with Crippen LogP contribution in [0.25, 0.3) is 16.8 Å². The quantitative estimate of drug-likeness (QED) is 0.265. The van der Waals surface area contributed by atoms with Crippen LogP contribution in [0.5, 0.6) is 0 Å². The summed E-state index contributed by atoms with van der Waals surface area (Å²) in [6, 6.07) is 27.8. The second-order valence-electron chi connectivity index (χ2n) is 8.38. The number of carbonyl (C=O) groups is 1. The van der Waals surface area contributed by atoms with E-state index in [9.17, 15) is 10.1 Å². The molecule has 5 heteroatoms. The van der Waals surface area contributed by atoms with E-state index < -0.39 is 0 Å². The lowest BCUT2D eigenvalue weighted by Crippen LogP contribution is -2.14. The molecule has 176 valence electrons. The molecule has 0 aliphatic rings. The van der Waals surface area contributed by atoms with Gasteiger partial charge in [-0.25, -0.2) is 9.48 Å². The maximum atomic E-state index is 13.1. The van der Waals surface area contributed by atoms with Gasteiger partial charge < -0.3 is 4.74 Å². The summed E-state index contributed by atoms with van der Waals surface area (Å²) >= 11 is 0. The van der Waals surface area contributed by atoms with Crippen molar-refractivity contribution in [3.63, 3.8) is 0 Å². The highest BCUT2D eigenvalue weighted by molar-refractivity contribution is 5.90. The first-order chi connectivity index (χ1) is 17.2. The number of hydrogen-bond donors (Lipinski definition) is 0. The van der Waals surface area contributed by atoms with Crippen molar-refractivity contribution in [3.8, 4) is 22.9 Å². The fourth-order valence-electron chi connectivity index (χ4n) is 4.23. The number of rotatable bonds is 9. The number of ether oxygens (including phenoxy) is 1. The van der Waals surface area contributed by atoms with Crippen molar-refractivity contribution in [2.45, 2.75) is 39.5 Å². The van der Waals surface area contributed by atoms with Crippen LogP contribution in [-0.2, 0) is 17.6 Å². The molecule has 0 amide bonds. The minimum atomic E-state index is -0.360. The molecule has 1 heterocycles. The first-order valence-corrected chi connectivity index (χ1v) is 12.1. The highest BCUT2D eigenvalue weighted by Crippen LogP contribution is 2.27. The molecule has 35 heavy (non-hydrogen) atoms. The summed E-state index contributed by atoms with van der Waals surface area (Å²) in [5, 5.41) is 14.3. The maximum Gasteiger partial charge on any atom is 0.357 e. The molecule has 0 bridgehead atoms. The van der Waals surface area contributed by atoms with Crippen molar-refractivity contribution < 1.29 is 9.53 Å². The summed E-state index contributed by atoms with van der Waals surface area (Å²) in [6.45, 7) is 4.27. The predicted octanol–water partition coefficient (Wildman–Crippen LogP) is 6.52. The van der Waals surface area contributed by atoms with E-state index in [-0.39, 0.29) is 5.97 Å². The maximum absolute atomic E-state index is 13.1. The molecule has 0 aliphatic heterocycles. The molecule has 4 rings (SSSR count). The van der Waals surface area contributed by atoms with Gasteiger partial charge in [-0.1, -0.05) is 74.0 Å². The standard InChI is InChI=1S/C30H29N3O2/c1-3-5-15-28-27(29(30(34)35-4-2)33(32-28)25-12-7-6-8-13-25)20-22-16-18-23(19-17-22)26-14-10-9-11-24(26)21-31/h6-14,16-19H,3-5,15,20H2,1-2H3. The van der Waals surface area contributed by atoms with Crippen LogP contribution in [-0.4, -0.2) is 22.4 Å². The molecule has 0 saturated carbocycles. The third-order valence-corrected chi connectivity index (χ3v) is 6.00. The van der Waals surface area contributed by atoms with E-state index in [1.165, 1.54) is 0 Å². The zero-order valence-corrected chi connectivity index (χ0v) is 20.2. The van der Waals surface area contributed by atoms with E-state index in [2.05, 4.69) is 25.1 Å². The summed E-state index contributed by atoms with van der Waals surface area (Å²) < 4.78 is 7.19. The number of hydrogen-bond acceptors (Lipinski definition) is 4. The summed E-state index contributed by atoms with van der Waals surface area (Å²) in [5.41, 5.74) is 6.78. The number of unbranched alkanes of at least 4 members (excludes halogenated alkanes) is 1. The van der Waals surface area contributed by atoms with Gasteiger partial charge in [-0.05, 0) is 54.7 Å². The van der Waals surface area contributed by atoms with Gasteiger partial charge in [-0.3, -0.25) is 0 Å². The van der Waals surface area contributed by atoms with Gasteiger partial charge in [0.25, 0.3) is 0 Å². The minimum Gasteiger partial charge on any atom is -0.461 e. The highest BCUT2D eigenvalue weighted by Gasteiger charge is 2.25. The Hall–Kier alpha value is -4.17. The van der Waals surface area contributed by atoms with Gasteiger partial charge in [0.2, 0.25) is 0 Å². The monoisotopic (exact) mass is 463 g/mol. The van der Waals surface area contributed by atoms with Crippen LogP contribution >= 0.6 is 0 Å². The molecule has 1 aromatic heterocycles. The predicted molar refractivity (Wildman–Crippen MR) is 138 cm³/mol. The number of carbonyl (C=O) groups excluding carboxylic acids is 1. The molecule has 0 aliphatic carbocycles. The SMILES string of the molecule is CCCCc1nn(-c2ccccc2)c(C(=O)OCC)c1Cc1ccc(-c2ccccc2C#N)cc1. The van der Waals surface area contributed by atoms with Gasteiger partial charge in [0, 0.05) is 12.0 Å². The van der Waals surface area contributed by atoms with E-state index in [4.69, 9.17) is 9.84 Å². The van der Waals surface area contributed by atoms with Crippen molar-refractivity contribution in [2.75, 3.05) is 6.61 Å². The Balaban J connectivity index is 1.76. The molecule has 0 spiro atoms. The van der Waals surface area contributed by atoms with E-state index >= 15 is 0 Å². The zero-order chi connectivity index (χ0) is 24.6. The minimum absolute atomic E-state index is 0.301. The number of aryl methyl sites for hydroxylation is 1. The smallest absolute Gasteiger partial charge is 0.357 e. The van der Waals surface area contributed by atoms with Crippen LogP contribution in [0.1, 0.15) is 59.6 Å². The molecule has 0 radical (unpaired) electrons. The summed E-state index contributed by atoms with van der Waals surface area (Å²) in [6.07, 6.45) is 3.40. The number of benzene rings is 3. The Morgan fingerprint density at radius 1 is 0.971 bits per heavy atom. The molecule has 3 aromatic carbocycles. The number of nitrogens with zero attached hydrogens (tertiary/aromatic N) is 3. The van der Waals surface area contributed by atoms with Gasteiger partial charge in [0.05, 0.1) is 29.6 Å². The molecule has 4 aromatic rings. The highest BCUT2D eigenvalue weighted by atomic mass is 16.5. The largest absolute Gasteiger partial charge is 0.461 e. The average molecular weight is 464 g/mol. The van der Waals surface area contributed by atoms with Crippen molar-refractivity contribution in [2.24, 2.45) is 0 Å². The first kappa shape index (κ1) is 24.0. The molecule has 0 fully saturated rings. The second kappa shape index (κ2) is 11.3. The topological polar surface area (TPSA) is 67.9 Å². The van der Waals surface area contributed by atoms with Crippen LogP contribution in [0, 0.1) is 11.3 Å². The summed E-state index contributed by atoms with van der Waals surface area (Å²) in [5.74, 6) is -0.360. The Bertz CT molecular complexity index is 1330. The fraction of sp³-hybridized carbons (Fsp3) is 0.233. The van der Waals surface area contributed by atoms with Gasteiger partial charge in [0.15, 0.2) is 5.69 Å². The number of para-hydroxylation sites is 1. The van der Waals surface area contributed by atoms with Crippen molar-refractivity contribution in [1.29, 1.82) is 5.26 Å². The third-order valence-electron chi connectivity index (χ3n) is 6.00. The van der Waals surface area contributed by atoms with Crippen molar-refractivity contribution in [3.05, 3.63) is 107 Å². The molecule has 0 atom stereocenters. The fourth-order valence-corrected chi connectivity index (χ4v) is 4.23. The zero-order valence-electron chi connectivity index (χ0n) is 20.2. The second-order valence-corrected chi connectivity index (χ2v) is 8.38. The average Bonchev–Trinajstić information content (AvgIpc) is 3.26. The van der Waals surface area contributed by atoms with E-state index in [1.54, 1.807) is 4.68 Å². The van der Waals surface area contributed by atoms with Gasteiger partial charge in [-0.2, -0.15) is 10.4 Å². The number of nitriles is 1. The van der Waals surface area contributed by atoms with Crippen LogP contribution < -0.4 is 0 Å². The molecule has 0 N–H and O–H groups in total. The normalized spacial score (nSPS) is 10.7. The van der Waals surface area contributed by atoms with Gasteiger partial charge >= 0.3 is 5.97 Å². The van der Waals surface area contributed by atoms with Gasteiger partial charge in [-0.15, -0.1) is 0 Å². The third kappa shape index (κ3) is 5.33. The Morgan fingerprint density at radius 2 is 1.69 bits per heavy atom.